The second-order valence-corrected chi connectivity index (χ2v) is 6.19. The van der Waals surface area contributed by atoms with Crippen LogP contribution >= 0.6 is 0 Å². The van der Waals surface area contributed by atoms with Gasteiger partial charge in [0.2, 0.25) is 5.75 Å². The van der Waals surface area contributed by atoms with Gasteiger partial charge in [-0.1, -0.05) is 36.4 Å². The van der Waals surface area contributed by atoms with Crippen molar-refractivity contribution in [1.29, 1.82) is 0 Å². The zero-order valence-electron chi connectivity index (χ0n) is 14.6. The van der Waals surface area contributed by atoms with E-state index in [-0.39, 0.29) is 6.04 Å². The molecule has 2 atom stereocenters. The van der Waals surface area contributed by atoms with Crippen LogP contribution < -0.4 is 19.5 Å². The summed E-state index contributed by atoms with van der Waals surface area (Å²) in [6, 6.07) is 19.6. The summed E-state index contributed by atoms with van der Waals surface area (Å²) in [7, 11) is 4.90. The quantitative estimate of drug-likeness (QED) is 0.708. The predicted octanol–water partition coefficient (Wildman–Crippen LogP) is 4.25. The Morgan fingerprint density at radius 2 is 1.32 bits per heavy atom. The first-order valence-electron chi connectivity index (χ1n) is 8.30. The Labute approximate surface area is 147 Å². The average Bonchev–Trinajstić information content (AvgIpc) is 3.47. The number of hydrogen-bond donors (Lipinski definition) is 1. The highest BCUT2D eigenvalue weighted by molar-refractivity contribution is 5.83. The normalized spacial score (nSPS) is 18.8. The molecule has 0 amide bonds. The van der Waals surface area contributed by atoms with Gasteiger partial charge in [-0.2, -0.15) is 0 Å². The van der Waals surface area contributed by atoms with Crippen molar-refractivity contribution in [2.45, 2.75) is 12.1 Å². The number of fused-ring (bicyclic) bond motifs is 1. The van der Waals surface area contributed by atoms with Crippen molar-refractivity contribution in [1.82, 2.24) is 5.32 Å². The van der Waals surface area contributed by atoms with Crippen molar-refractivity contribution in [3.63, 3.8) is 0 Å². The smallest absolute Gasteiger partial charge is 0.203 e. The second-order valence-electron chi connectivity index (χ2n) is 6.19. The van der Waals surface area contributed by atoms with Crippen molar-refractivity contribution < 1.29 is 14.2 Å². The standard InChI is InChI=1S/C21H21NO3/c1-23-17-11-16(12-18(24-2)21(17)25-3)20-19(22-20)15-9-8-13-6-4-5-7-14(13)10-15/h4-12,19-20,22H,1-3H3. The van der Waals surface area contributed by atoms with Crippen LogP contribution in [0.4, 0.5) is 0 Å². The molecular formula is C21H21NO3. The van der Waals surface area contributed by atoms with Gasteiger partial charge in [-0.05, 0) is 40.1 Å². The van der Waals surface area contributed by atoms with Gasteiger partial charge in [0.15, 0.2) is 11.5 Å². The van der Waals surface area contributed by atoms with Crippen molar-refractivity contribution in [3.8, 4) is 17.2 Å². The first kappa shape index (κ1) is 15.8. The van der Waals surface area contributed by atoms with Crippen molar-refractivity contribution in [2.24, 2.45) is 0 Å². The molecule has 1 fully saturated rings. The summed E-state index contributed by atoms with van der Waals surface area (Å²) >= 11 is 0. The maximum atomic E-state index is 5.46. The average molecular weight is 335 g/mol. The lowest BCUT2D eigenvalue weighted by Crippen LogP contribution is -1.97. The number of rotatable bonds is 5. The van der Waals surface area contributed by atoms with E-state index >= 15 is 0 Å². The molecule has 3 aromatic carbocycles. The van der Waals surface area contributed by atoms with E-state index in [9.17, 15) is 0 Å². The third kappa shape index (κ3) is 2.79. The molecule has 3 aromatic rings. The molecule has 0 aliphatic carbocycles. The highest BCUT2D eigenvalue weighted by Crippen LogP contribution is 2.47. The van der Waals surface area contributed by atoms with Gasteiger partial charge in [0.05, 0.1) is 33.4 Å². The summed E-state index contributed by atoms with van der Waals surface area (Å²) in [4.78, 5) is 0. The molecule has 1 aliphatic rings. The van der Waals surface area contributed by atoms with E-state index in [1.807, 2.05) is 12.1 Å². The largest absolute Gasteiger partial charge is 0.493 e. The number of nitrogens with one attached hydrogen (secondary N) is 1. The molecule has 0 spiro atoms. The highest BCUT2D eigenvalue weighted by atomic mass is 16.5. The van der Waals surface area contributed by atoms with Crippen LogP contribution in [0.3, 0.4) is 0 Å². The Morgan fingerprint density at radius 3 is 1.96 bits per heavy atom. The van der Waals surface area contributed by atoms with Crippen LogP contribution in [-0.2, 0) is 0 Å². The Hall–Kier alpha value is -2.72. The first-order valence-corrected chi connectivity index (χ1v) is 8.30. The maximum absolute atomic E-state index is 5.46. The van der Waals surface area contributed by atoms with Gasteiger partial charge in [-0.25, -0.2) is 0 Å². The van der Waals surface area contributed by atoms with Crippen molar-refractivity contribution in [3.05, 3.63) is 65.7 Å². The number of methoxy groups -OCH3 is 3. The Balaban J connectivity index is 1.65. The molecule has 4 heteroatoms. The topological polar surface area (TPSA) is 49.6 Å². The van der Waals surface area contributed by atoms with Gasteiger partial charge in [-0.3, -0.25) is 5.32 Å². The van der Waals surface area contributed by atoms with E-state index < -0.39 is 0 Å². The third-order valence-electron chi connectivity index (χ3n) is 4.76. The van der Waals surface area contributed by atoms with Crippen molar-refractivity contribution in [2.75, 3.05) is 21.3 Å². The molecule has 0 aromatic heterocycles. The maximum Gasteiger partial charge on any atom is 0.203 e. The van der Waals surface area contributed by atoms with Gasteiger partial charge in [0, 0.05) is 0 Å². The summed E-state index contributed by atoms with van der Waals surface area (Å²) in [5.41, 5.74) is 2.42. The fourth-order valence-corrected chi connectivity index (χ4v) is 3.40. The SMILES string of the molecule is COc1cc(C2NC2c2ccc3ccccc3c2)cc(OC)c1OC. The number of benzene rings is 3. The fraction of sp³-hybridized carbons (Fsp3) is 0.238. The van der Waals surface area contributed by atoms with E-state index in [1.165, 1.54) is 16.3 Å². The van der Waals surface area contributed by atoms with Crippen LogP contribution in [0.25, 0.3) is 10.8 Å². The molecule has 25 heavy (non-hydrogen) atoms. The summed E-state index contributed by atoms with van der Waals surface area (Å²) in [6.07, 6.45) is 0. The summed E-state index contributed by atoms with van der Waals surface area (Å²) in [5, 5.41) is 6.08. The lowest BCUT2D eigenvalue weighted by Gasteiger charge is -2.13. The van der Waals surface area contributed by atoms with Gasteiger partial charge in [0.1, 0.15) is 0 Å². The molecule has 2 unspecified atom stereocenters. The molecule has 4 nitrogen and oxygen atoms in total. The lowest BCUT2D eigenvalue weighted by molar-refractivity contribution is 0.323. The van der Waals surface area contributed by atoms with Crippen LogP contribution in [0.5, 0.6) is 17.2 Å². The van der Waals surface area contributed by atoms with Crippen LogP contribution in [-0.4, -0.2) is 21.3 Å². The minimum Gasteiger partial charge on any atom is -0.493 e. The minimum atomic E-state index is 0.245. The summed E-state index contributed by atoms with van der Waals surface area (Å²) in [6.45, 7) is 0. The number of ether oxygens (including phenoxy) is 3. The van der Waals surface area contributed by atoms with E-state index in [4.69, 9.17) is 14.2 Å². The molecule has 1 N–H and O–H groups in total. The Kier molecular flexibility index (Phi) is 3.98. The molecule has 128 valence electrons. The molecule has 1 saturated heterocycles. The highest BCUT2D eigenvalue weighted by Gasteiger charge is 2.39. The summed E-state index contributed by atoms with van der Waals surface area (Å²) in [5.74, 6) is 1.99. The van der Waals surface area contributed by atoms with E-state index in [2.05, 4.69) is 47.8 Å². The molecule has 0 saturated carbocycles. The van der Waals surface area contributed by atoms with Crippen molar-refractivity contribution >= 4 is 10.8 Å². The molecule has 1 heterocycles. The van der Waals surface area contributed by atoms with Gasteiger partial charge < -0.3 is 14.2 Å². The van der Waals surface area contributed by atoms with Crippen LogP contribution in [0.15, 0.2) is 54.6 Å². The molecular weight excluding hydrogens is 314 g/mol. The first-order chi connectivity index (χ1) is 12.2. The zero-order valence-corrected chi connectivity index (χ0v) is 14.6. The van der Waals surface area contributed by atoms with Gasteiger partial charge in [0.25, 0.3) is 0 Å². The van der Waals surface area contributed by atoms with Crippen LogP contribution in [0.2, 0.25) is 0 Å². The van der Waals surface area contributed by atoms with E-state index in [0.29, 0.717) is 23.3 Å². The van der Waals surface area contributed by atoms with E-state index in [0.717, 1.165) is 5.56 Å². The molecule has 0 bridgehead atoms. The van der Waals surface area contributed by atoms with Crippen LogP contribution in [0, 0.1) is 0 Å². The Morgan fingerprint density at radius 1 is 0.680 bits per heavy atom. The van der Waals surface area contributed by atoms with Gasteiger partial charge in [-0.15, -0.1) is 0 Å². The lowest BCUT2D eigenvalue weighted by atomic mass is 10.0. The fourth-order valence-electron chi connectivity index (χ4n) is 3.40. The molecule has 1 aliphatic heterocycles. The monoisotopic (exact) mass is 335 g/mol. The van der Waals surface area contributed by atoms with Gasteiger partial charge >= 0.3 is 0 Å². The Bertz CT molecular complexity index is 897. The summed E-state index contributed by atoms with van der Waals surface area (Å²) < 4.78 is 16.3. The second kappa shape index (κ2) is 6.30. The third-order valence-corrected chi connectivity index (χ3v) is 4.76. The minimum absolute atomic E-state index is 0.245. The number of hydrogen-bond acceptors (Lipinski definition) is 4. The van der Waals surface area contributed by atoms with E-state index in [1.54, 1.807) is 21.3 Å². The zero-order chi connectivity index (χ0) is 17.4. The predicted molar refractivity (Wildman–Crippen MR) is 98.7 cm³/mol. The molecule has 4 rings (SSSR count). The van der Waals surface area contributed by atoms with Crippen LogP contribution in [0.1, 0.15) is 23.2 Å². The molecule has 0 radical (unpaired) electrons.